The molecule has 1 aliphatic heterocycles. The van der Waals surface area contributed by atoms with E-state index < -0.39 is 12.3 Å². The molecule has 7 nitrogen and oxygen atoms in total. The van der Waals surface area contributed by atoms with E-state index in [-0.39, 0.29) is 5.69 Å². The van der Waals surface area contributed by atoms with Crippen molar-refractivity contribution < 1.29 is 28.5 Å². The maximum atomic E-state index is 12.4. The Morgan fingerprint density at radius 1 is 1.15 bits per heavy atom. The van der Waals surface area contributed by atoms with Crippen molar-refractivity contribution in [2.45, 2.75) is 13.2 Å². The van der Waals surface area contributed by atoms with Crippen LogP contribution in [0.3, 0.4) is 0 Å². The van der Waals surface area contributed by atoms with Gasteiger partial charge in [-0.1, -0.05) is 19.1 Å². The van der Waals surface area contributed by atoms with E-state index in [2.05, 4.69) is 4.98 Å². The predicted molar refractivity (Wildman–Crippen MR) is 96.8 cm³/mol. The first-order chi connectivity index (χ1) is 13.1. The van der Waals surface area contributed by atoms with Crippen molar-refractivity contribution in [3.8, 4) is 17.0 Å². The minimum Gasteiger partial charge on any atom is -0.481 e. The molecule has 1 saturated heterocycles. The third-order valence-corrected chi connectivity index (χ3v) is 4.30. The normalized spacial score (nSPS) is 19.4. The number of hydrogen-bond acceptors (Lipinski definition) is 7. The molecule has 142 valence electrons. The van der Waals surface area contributed by atoms with Crippen LogP contribution < -0.4 is 4.74 Å². The zero-order valence-electron chi connectivity index (χ0n) is 15.4. The fraction of sp³-hybridized carbons (Fsp3) is 0.350. The molecule has 1 aromatic carbocycles. The number of rotatable bonds is 5. The van der Waals surface area contributed by atoms with Gasteiger partial charge in [0.1, 0.15) is 5.69 Å². The number of aromatic nitrogens is 1. The number of aldehydes is 1. The summed E-state index contributed by atoms with van der Waals surface area (Å²) in [5.41, 5.74) is 2.23. The average molecular weight is 371 g/mol. The molecular formula is C20H21NO6. The van der Waals surface area contributed by atoms with Crippen molar-refractivity contribution in [3.63, 3.8) is 0 Å². The lowest BCUT2D eigenvalue weighted by Crippen LogP contribution is -2.25. The number of carbonyl (C=O) groups excluding carboxylic acids is 2. The molecule has 3 rings (SSSR count). The third-order valence-electron chi connectivity index (χ3n) is 4.30. The van der Waals surface area contributed by atoms with Crippen LogP contribution in [-0.4, -0.2) is 44.7 Å². The first-order valence-corrected chi connectivity index (χ1v) is 8.53. The van der Waals surface area contributed by atoms with Gasteiger partial charge in [-0.2, -0.15) is 0 Å². The molecule has 0 atom stereocenters. The molecule has 27 heavy (non-hydrogen) atoms. The Hall–Kier alpha value is -2.77. The molecule has 0 radical (unpaired) electrons. The number of carbonyl (C=O) groups is 2. The van der Waals surface area contributed by atoms with Crippen LogP contribution in [0.15, 0.2) is 30.3 Å². The van der Waals surface area contributed by atoms with E-state index >= 15 is 0 Å². The molecular weight excluding hydrogens is 350 g/mol. The van der Waals surface area contributed by atoms with Gasteiger partial charge in [0, 0.05) is 23.1 Å². The average Bonchev–Trinajstić information content (AvgIpc) is 2.72. The van der Waals surface area contributed by atoms with Crippen molar-refractivity contribution in [2.75, 3.05) is 27.4 Å². The van der Waals surface area contributed by atoms with Gasteiger partial charge in [-0.25, -0.2) is 9.78 Å². The molecule has 1 fully saturated rings. The second-order valence-corrected chi connectivity index (χ2v) is 6.30. The summed E-state index contributed by atoms with van der Waals surface area (Å²) in [6.07, 6.45) is 0.0832. The van der Waals surface area contributed by atoms with Crippen LogP contribution >= 0.6 is 0 Å². The zero-order chi connectivity index (χ0) is 19.4. The van der Waals surface area contributed by atoms with Crippen molar-refractivity contribution in [3.05, 3.63) is 47.2 Å². The van der Waals surface area contributed by atoms with Crippen LogP contribution in [0.25, 0.3) is 11.1 Å². The van der Waals surface area contributed by atoms with Crippen LogP contribution in [-0.2, 0) is 14.2 Å². The van der Waals surface area contributed by atoms with E-state index in [1.807, 2.05) is 6.92 Å². The first-order valence-electron chi connectivity index (χ1n) is 8.53. The molecule has 0 unspecified atom stereocenters. The van der Waals surface area contributed by atoms with E-state index in [1.54, 1.807) is 30.3 Å². The molecule has 1 aliphatic rings. The van der Waals surface area contributed by atoms with Gasteiger partial charge in [0.2, 0.25) is 5.88 Å². The lowest BCUT2D eigenvalue weighted by Gasteiger charge is -2.28. The molecule has 0 aliphatic carbocycles. The Bertz CT molecular complexity index is 842. The van der Waals surface area contributed by atoms with Crippen molar-refractivity contribution in [1.29, 1.82) is 0 Å². The van der Waals surface area contributed by atoms with E-state index in [0.717, 1.165) is 0 Å². The van der Waals surface area contributed by atoms with E-state index in [4.69, 9.17) is 18.9 Å². The number of pyridine rings is 1. The van der Waals surface area contributed by atoms with Gasteiger partial charge < -0.3 is 18.9 Å². The smallest absolute Gasteiger partial charge is 0.338 e. The second-order valence-electron chi connectivity index (χ2n) is 6.30. The van der Waals surface area contributed by atoms with Gasteiger partial charge >= 0.3 is 5.97 Å². The number of ether oxygens (including phenoxy) is 4. The van der Waals surface area contributed by atoms with Gasteiger partial charge in [0.25, 0.3) is 0 Å². The van der Waals surface area contributed by atoms with Gasteiger partial charge in [-0.05, 0) is 17.7 Å². The summed E-state index contributed by atoms with van der Waals surface area (Å²) in [7, 11) is 2.78. The maximum Gasteiger partial charge on any atom is 0.338 e. The molecule has 0 saturated carbocycles. The molecule has 2 heterocycles. The van der Waals surface area contributed by atoms with E-state index in [1.165, 1.54) is 14.2 Å². The van der Waals surface area contributed by atoms with Crippen molar-refractivity contribution in [2.24, 2.45) is 5.92 Å². The summed E-state index contributed by atoms with van der Waals surface area (Å²) < 4.78 is 21.4. The summed E-state index contributed by atoms with van der Waals surface area (Å²) in [6.45, 7) is 3.20. The van der Waals surface area contributed by atoms with Crippen LogP contribution in [0.2, 0.25) is 0 Å². The molecule has 1 aromatic heterocycles. The Labute approximate surface area is 157 Å². The minimum atomic E-state index is -0.543. The maximum absolute atomic E-state index is 12.4. The lowest BCUT2D eigenvalue weighted by atomic mass is 9.96. The Kier molecular flexibility index (Phi) is 5.83. The van der Waals surface area contributed by atoms with Crippen LogP contribution in [0.4, 0.5) is 0 Å². The molecule has 0 spiro atoms. The van der Waals surface area contributed by atoms with Crippen LogP contribution in [0, 0.1) is 5.92 Å². The number of methoxy groups -OCH3 is 2. The highest BCUT2D eigenvalue weighted by atomic mass is 16.7. The van der Waals surface area contributed by atoms with Crippen molar-refractivity contribution in [1.82, 2.24) is 4.98 Å². The number of esters is 1. The van der Waals surface area contributed by atoms with E-state index in [0.29, 0.717) is 53.6 Å². The summed E-state index contributed by atoms with van der Waals surface area (Å²) in [5, 5.41) is 0. The molecule has 2 aromatic rings. The van der Waals surface area contributed by atoms with Gasteiger partial charge in [0.05, 0.1) is 33.0 Å². The Balaban J connectivity index is 2.05. The second kappa shape index (κ2) is 8.28. The Morgan fingerprint density at radius 3 is 2.48 bits per heavy atom. The van der Waals surface area contributed by atoms with Gasteiger partial charge in [-0.15, -0.1) is 0 Å². The number of benzene rings is 1. The van der Waals surface area contributed by atoms with Crippen LogP contribution in [0.1, 0.15) is 39.6 Å². The monoisotopic (exact) mass is 371 g/mol. The summed E-state index contributed by atoms with van der Waals surface area (Å²) >= 11 is 0. The highest BCUT2D eigenvalue weighted by Gasteiger charge is 2.24. The predicted octanol–water partition coefficient (Wildman–Crippen LogP) is 3.04. The SMILES string of the molecule is COC(=O)c1cc(C2OCC(C)CO2)ccc1-c1ccc(OC)nc1C=O. The third kappa shape index (κ3) is 3.99. The highest BCUT2D eigenvalue weighted by Crippen LogP contribution is 2.32. The fourth-order valence-corrected chi connectivity index (χ4v) is 2.90. The zero-order valence-corrected chi connectivity index (χ0v) is 15.4. The molecule has 0 bridgehead atoms. The van der Waals surface area contributed by atoms with Crippen LogP contribution in [0.5, 0.6) is 5.88 Å². The van der Waals surface area contributed by atoms with Gasteiger partial charge in [0.15, 0.2) is 12.6 Å². The minimum absolute atomic E-state index is 0.172. The summed E-state index contributed by atoms with van der Waals surface area (Å²) in [5.74, 6) is 0.111. The largest absolute Gasteiger partial charge is 0.481 e. The Morgan fingerprint density at radius 2 is 1.85 bits per heavy atom. The standard InChI is InChI=1S/C20H21NO6/c1-12-10-26-20(27-11-12)13-4-5-14(16(8-13)19(23)25-3)15-6-7-18(24-2)21-17(15)9-22/h4-9,12,20H,10-11H2,1-3H3. The molecule has 0 amide bonds. The van der Waals surface area contributed by atoms with Gasteiger partial charge in [-0.3, -0.25) is 4.79 Å². The summed E-state index contributed by atoms with van der Waals surface area (Å²) in [6, 6.07) is 8.53. The fourth-order valence-electron chi connectivity index (χ4n) is 2.90. The summed E-state index contributed by atoms with van der Waals surface area (Å²) in [4.78, 5) is 28.0. The first kappa shape index (κ1) is 19.0. The molecule has 0 N–H and O–H groups in total. The highest BCUT2D eigenvalue weighted by molar-refractivity contribution is 6.00. The molecule has 7 heteroatoms. The van der Waals surface area contributed by atoms with E-state index in [9.17, 15) is 9.59 Å². The number of nitrogens with zero attached hydrogens (tertiary/aromatic N) is 1. The quantitative estimate of drug-likeness (QED) is 0.590. The lowest BCUT2D eigenvalue weighted by molar-refractivity contribution is -0.202. The topological polar surface area (TPSA) is 84.0 Å². The van der Waals surface area contributed by atoms with Crippen molar-refractivity contribution >= 4 is 12.3 Å². The number of hydrogen-bond donors (Lipinski definition) is 0.